The second-order valence-electron chi connectivity index (χ2n) is 12.0. The molecule has 8 nitrogen and oxygen atoms in total. The van der Waals surface area contributed by atoms with Gasteiger partial charge < -0.3 is 24.3 Å². The number of piperazine rings is 1. The zero-order chi connectivity index (χ0) is 31.1. The lowest BCUT2D eigenvalue weighted by atomic mass is 9.95. The van der Waals surface area contributed by atoms with Gasteiger partial charge in [0.1, 0.15) is 18.2 Å². The Kier molecular flexibility index (Phi) is 8.61. The largest absolute Gasteiger partial charge is 0.475 e. The van der Waals surface area contributed by atoms with Gasteiger partial charge in [0.05, 0.1) is 29.2 Å². The molecule has 3 aliphatic heterocycles. The molecule has 1 amide bonds. The molecule has 2 fully saturated rings. The Hall–Kier alpha value is -3.78. The molecule has 1 aromatic heterocycles. The summed E-state index contributed by atoms with van der Waals surface area (Å²) in [6.45, 7) is 12.1. The van der Waals surface area contributed by atoms with Crippen molar-refractivity contribution >= 4 is 17.3 Å². The number of fused-ring (bicyclic) bond motifs is 1. The van der Waals surface area contributed by atoms with Gasteiger partial charge in [0.2, 0.25) is 11.8 Å². The van der Waals surface area contributed by atoms with Gasteiger partial charge in [-0.05, 0) is 71.3 Å². The first-order valence-corrected chi connectivity index (χ1v) is 14.8. The second-order valence-corrected chi connectivity index (χ2v) is 12.0. The quantitative estimate of drug-likeness (QED) is 0.438. The maximum Gasteiger partial charge on any atom is 0.418 e. The summed E-state index contributed by atoms with van der Waals surface area (Å²) >= 11 is 0. The molecule has 2 aromatic rings. The molecule has 2 saturated heterocycles. The number of likely N-dealkylation sites (tertiary alicyclic amines) is 1. The number of halogens is 3. The number of benzene rings is 1. The number of carbonyl (C=O) groups excluding carboxylic acids is 1. The van der Waals surface area contributed by atoms with E-state index in [0.29, 0.717) is 55.2 Å². The van der Waals surface area contributed by atoms with Crippen molar-refractivity contribution < 1.29 is 22.7 Å². The van der Waals surface area contributed by atoms with Crippen LogP contribution in [0.25, 0.3) is 0 Å². The van der Waals surface area contributed by atoms with Crippen molar-refractivity contribution in [3.8, 4) is 11.9 Å². The number of aromatic nitrogens is 1. The van der Waals surface area contributed by atoms with Gasteiger partial charge in [-0.2, -0.15) is 18.4 Å². The predicted octanol–water partition coefficient (Wildman–Crippen LogP) is 4.93. The molecule has 0 spiro atoms. The van der Waals surface area contributed by atoms with E-state index >= 15 is 0 Å². The van der Waals surface area contributed by atoms with E-state index in [2.05, 4.69) is 22.4 Å². The fourth-order valence-corrected chi connectivity index (χ4v) is 7.00. The Labute approximate surface area is 251 Å². The molecule has 0 saturated carbocycles. The van der Waals surface area contributed by atoms with Crippen LogP contribution in [0.15, 0.2) is 30.9 Å². The van der Waals surface area contributed by atoms with Gasteiger partial charge in [0, 0.05) is 43.3 Å². The Morgan fingerprint density at radius 2 is 1.91 bits per heavy atom. The maximum atomic E-state index is 14.1. The highest BCUT2D eigenvalue weighted by Crippen LogP contribution is 2.43. The summed E-state index contributed by atoms with van der Waals surface area (Å²) in [5.41, 5.74) is 2.53. The van der Waals surface area contributed by atoms with E-state index in [1.54, 1.807) is 22.8 Å². The zero-order valence-corrected chi connectivity index (χ0v) is 25.2. The number of amides is 1. The number of hydrogen-bond acceptors (Lipinski definition) is 7. The highest BCUT2D eigenvalue weighted by molar-refractivity contribution is 5.88. The molecule has 0 bridgehead atoms. The van der Waals surface area contributed by atoms with Crippen LogP contribution in [-0.2, 0) is 23.9 Å². The number of carbonyl (C=O) groups is 1. The lowest BCUT2D eigenvalue weighted by molar-refractivity contribution is -0.137. The summed E-state index contributed by atoms with van der Waals surface area (Å²) < 4.78 is 48.5. The first-order chi connectivity index (χ1) is 20.4. The number of rotatable bonds is 6. The smallest absolute Gasteiger partial charge is 0.418 e. The summed E-state index contributed by atoms with van der Waals surface area (Å²) in [6.07, 6.45) is -0.723. The van der Waals surface area contributed by atoms with Gasteiger partial charge in [-0.15, -0.1) is 0 Å². The molecular weight excluding hydrogens is 557 g/mol. The topological polar surface area (TPSA) is 75.9 Å². The minimum absolute atomic E-state index is 0.143. The predicted molar refractivity (Wildman–Crippen MR) is 159 cm³/mol. The number of ether oxygens (including phenoxy) is 1. The molecule has 0 N–H and O–H groups in total. The second kappa shape index (κ2) is 12.1. The van der Waals surface area contributed by atoms with E-state index < -0.39 is 11.7 Å². The van der Waals surface area contributed by atoms with E-state index in [4.69, 9.17) is 9.72 Å². The van der Waals surface area contributed by atoms with Gasteiger partial charge in [-0.3, -0.25) is 4.79 Å². The fraction of sp³-hybridized carbons (Fsp3) is 0.531. The van der Waals surface area contributed by atoms with Crippen LogP contribution >= 0.6 is 0 Å². The van der Waals surface area contributed by atoms with Gasteiger partial charge in [0.25, 0.3) is 0 Å². The van der Waals surface area contributed by atoms with Gasteiger partial charge in [-0.1, -0.05) is 18.7 Å². The Balaban J connectivity index is 1.57. The molecule has 3 aliphatic rings. The number of nitriles is 1. The summed E-state index contributed by atoms with van der Waals surface area (Å²) in [5.74, 6) is 0.0695. The van der Waals surface area contributed by atoms with Crippen LogP contribution < -0.4 is 14.5 Å². The van der Waals surface area contributed by atoms with Crippen molar-refractivity contribution in [3.63, 3.8) is 0 Å². The Bertz CT molecular complexity index is 1430. The van der Waals surface area contributed by atoms with Crippen LogP contribution in [0.2, 0.25) is 0 Å². The summed E-state index contributed by atoms with van der Waals surface area (Å²) in [6, 6.07) is 6.49. The van der Waals surface area contributed by atoms with E-state index in [1.165, 1.54) is 12.1 Å². The van der Waals surface area contributed by atoms with Gasteiger partial charge >= 0.3 is 6.18 Å². The first kappa shape index (κ1) is 30.7. The SMILES string of the molecule is C=CC(=O)N1[C@H](C)CN(c2c(C#N)c(OCC3CCCN3C)nc3c2CCN(c2c(C)cccc2C(F)(F)F)C3)C[C@@H]1C. The highest BCUT2D eigenvalue weighted by atomic mass is 19.4. The molecule has 0 radical (unpaired) electrons. The third-order valence-electron chi connectivity index (χ3n) is 9.01. The first-order valence-electron chi connectivity index (χ1n) is 14.8. The standard InChI is InChI=1S/C32H39F3N6O2/c1-6-28(42)41-21(3)16-40(17-22(41)4)30-24-12-14-39(29-20(2)9-7-11-26(29)32(33,34)35)18-27(24)37-31(25(30)15-36)43-19-23-10-8-13-38(23)5/h6-7,9,11,21-23H,1,8,10,12-14,16-19H2,2-5H3/t21-,22+,23?. The van der Waals surface area contributed by atoms with Crippen LogP contribution in [0.1, 0.15) is 54.6 Å². The minimum Gasteiger partial charge on any atom is -0.475 e. The van der Waals surface area contributed by atoms with Crippen molar-refractivity contribution in [3.05, 3.63) is 58.8 Å². The van der Waals surface area contributed by atoms with Crippen molar-refractivity contribution in [2.45, 2.75) is 70.9 Å². The average Bonchev–Trinajstić information content (AvgIpc) is 3.37. The van der Waals surface area contributed by atoms with Crippen molar-refractivity contribution in [1.82, 2.24) is 14.8 Å². The monoisotopic (exact) mass is 596 g/mol. The van der Waals surface area contributed by atoms with E-state index in [0.717, 1.165) is 31.0 Å². The lowest BCUT2D eigenvalue weighted by Gasteiger charge is -2.46. The summed E-state index contributed by atoms with van der Waals surface area (Å²) in [5, 5.41) is 10.5. The molecule has 1 aromatic carbocycles. The number of para-hydroxylation sites is 1. The van der Waals surface area contributed by atoms with Crippen LogP contribution in [0, 0.1) is 18.3 Å². The van der Waals surface area contributed by atoms with Crippen molar-refractivity contribution in [2.75, 3.05) is 49.6 Å². The third kappa shape index (κ3) is 5.90. The number of alkyl halides is 3. The number of pyridine rings is 1. The lowest BCUT2D eigenvalue weighted by Crippen LogP contribution is -2.58. The van der Waals surface area contributed by atoms with Gasteiger partial charge in [-0.25, -0.2) is 4.98 Å². The molecular formula is C32H39F3N6O2. The van der Waals surface area contributed by atoms with Gasteiger partial charge in [0.15, 0.2) is 0 Å². The third-order valence-corrected chi connectivity index (χ3v) is 9.01. The van der Waals surface area contributed by atoms with Crippen LogP contribution in [0.5, 0.6) is 5.88 Å². The normalized spacial score (nSPS) is 22.7. The van der Waals surface area contributed by atoms with Crippen molar-refractivity contribution in [1.29, 1.82) is 5.26 Å². The zero-order valence-electron chi connectivity index (χ0n) is 25.2. The van der Waals surface area contributed by atoms with Crippen LogP contribution in [0.4, 0.5) is 24.5 Å². The minimum atomic E-state index is -4.50. The molecule has 230 valence electrons. The van der Waals surface area contributed by atoms with Crippen LogP contribution in [-0.4, -0.2) is 78.7 Å². The summed E-state index contributed by atoms with van der Waals surface area (Å²) in [7, 11) is 2.04. The molecule has 11 heteroatoms. The molecule has 5 rings (SSSR count). The highest BCUT2D eigenvalue weighted by Gasteiger charge is 2.39. The number of anilines is 2. The van der Waals surface area contributed by atoms with Crippen LogP contribution in [0.3, 0.4) is 0 Å². The number of likely N-dealkylation sites (N-methyl/N-ethyl adjacent to an activating group) is 1. The number of nitrogens with zero attached hydrogens (tertiary/aromatic N) is 6. The number of aryl methyl sites for hydroxylation is 1. The van der Waals surface area contributed by atoms with E-state index in [-0.39, 0.29) is 42.1 Å². The van der Waals surface area contributed by atoms with Crippen molar-refractivity contribution in [2.24, 2.45) is 0 Å². The van der Waals surface area contributed by atoms with E-state index in [1.807, 2.05) is 20.9 Å². The molecule has 0 aliphatic carbocycles. The Morgan fingerprint density at radius 3 is 2.51 bits per heavy atom. The Morgan fingerprint density at radius 1 is 1.19 bits per heavy atom. The molecule has 43 heavy (non-hydrogen) atoms. The maximum absolute atomic E-state index is 14.1. The number of hydrogen-bond donors (Lipinski definition) is 0. The van der Waals surface area contributed by atoms with E-state index in [9.17, 15) is 23.2 Å². The summed E-state index contributed by atoms with van der Waals surface area (Å²) in [4.78, 5) is 25.3. The molecule has 3 atom stereocenters. The fourth-order valence-electron chi connectivity index (χ4n) is 7.00. The molecule has 1 unspecified atom stereocenters. The molecule has 4 heterocycles. The average molecular weight is 597 g/mol.